The van der Waals surface area contributed by atoms with E-state index in [9.17, 15) is 0 Å². The van der Waals surface area contributed by atoms with Crippen LogP contribution >= 0.6 is 11.6 Å². The summed E-state index contributed by atoms with van der Waals surface area (Å²) < 4.78 is 11.1. The highest BCUT2D eigenvalue weighted by atomic mass is 35.5. The van der Waals surface area contributed by atoms with Crippen molar-refractivity contribution < 1.29 is 9.47 Å². The summed E-state index contributed by atoms with van der Waals surface area (Å²) in [4.78, 5) is 9.95. The number of fused-ring (bicyclic) bond motifs is 2. The fraction of sp³-hybridized carbons (Fsp3) is 0.296. The maximum atomic E-state index is 6.27. The van der Waals surface area contributed by atoms with Crippen LogP contribution in [0.25, 0.3) is 0 Å². The normalized spacial score (nSPS) is 15.5. The first-order valence-electron chi connectivity index (χ1n) is 11.7. The number of benzene rings is 3. The van der Waals surface area contributed by atoms with E-state index in [0.29, 0.717) is 11.6 Å². The number of hydrogen-bond acceptors (Lipinski definition) is 6. The highest BCUT2D eigenvalue weighted by Crippen LogP contribution is 2.36. The number of nitrogens with zero attached hydrogens (tertiary/aromatic N) is 3. The molecule has 0 spiro atoms. The Morgan fingerprint density at radius 3 is 2.47 bits per heavy atom. The molecular formula is C27H29ClN4O2. The van der Waals surface area contributed by atoms with Gasteiger partial charge in [0.2, 0.25) is 0 Å². The number of hydrogen-bond donors (Lipinski definition) is 1. The summed E-state index contributed by atoms with van der Waals surface area (Å²) in [6, 6.07) is 21.9. The first-order chi connectivity index (χ1) is 16.7. The number of piperazine rings is 1. The third-order valence-electron chi connectivity index (χ3n) is 6.24. The molecule has 5 rings (SSSR count). The van der Waals surface area contributed by atoms with Crippen molar-refractivity contribution in [2.45, 2.75) is 6.42 Å². The van der Waals surface area contributed by atoms with Gasteiger partial charge in [0.15, 0.2) is 0 Å². The zero-order valence-electron chi connectivity index (χ0n) is 19.3. The molecule has 176 valence electrons. The van der Waals surface area contributed by atoms with Crippen LogP contribution in [0.4, 0.5) is 17.1 Å². The maximum Gasteiger partial charge on any atom is 0.138 e. The van der Waals surface area contributed by atoms with Crippen molar-refractivity contribution in [1.82, 2.24) is 9.80 Å². The molecule has 7 heteroatoms. The molecule has 1 N–H and O–H groups in total. The van der Waals surface area contributed by atoms with Gasteiger partial charge in [-0.15, -0.1) is 0 Å². The van der Waals surface area contributed by atoms with Crippen LogP contribution in [0.2, 0.25) is 5.02 Å². The molecule has 2 aliphatic heterocycles. The molecule has 34 heavy (non-hydrogen) atoms. The fourth-order valence-corrected chi connectivity index (χ4v) is 4.55. The molecular weight excluding hydrogens is 448 g/mol. The highest BCUT2D eigenvalue weighted by molar-refractivity contribution is 6.31. The molecule has 0 unspecified atom stereocenters. The van der Waals surface area contributed by atoms with Crippen molar-refractivity contribution in [3.63, 3.8) is 0 Å². The van der Waals surface area contributed by atoms with E-state index in [-0.39, 0.29) is 0 Å². The second-order valence-electron chi connectivity index (χ2n) is 8.47. The van der Waals surface area contributed by atoms with Crippen molar-refractivity contribution in [3.8, 4) is 11.5 Å². The average Bonchev–Trinajstić information content (AvgIpc) is 3.04. The molecule has 0 amide bonds. The summed E-state index contributed by atoms with van der Waals surface area (Å²) in [6.45, 7) is 5.59. The molecule has 3 aromatic rings. The van der Waals surface area contributed by atoms with Gasteiger partial charge in [-0.2, -0.15) is 0 Å². The predicted octanol–water partition coefficient (Wildman–Crippen LogP) is 5.57. The minimum atomic E-state index is 0.691. The SMILES string of the molecule is COc1ccc(OCCCN2CCN(C3=Nc4cc(Cl)ccc4Nc4ccccc43)CC2)cc1. The van der Waals surface area contributed by atoms with E-state index in [1.165, 1.54) is 0 Å². The lowest BCUT2D eigenvalue weighted by Crippen LogP contribution is -2.49. The zero-order chi connectivity index (χ0) is 23.3. The van der Waals surface area contributed by atoms with E-state index in [1.807, 2.05) is 42.5 Å². The van der Waals surface area contributed by atoms with Gasteiger partial charge in [-0.1, -0.05) is 23.7 Å². The predicted molar refractivity (Wildman–Crippen MR) is 138 cm³/mol. The number of ether oxygens (including phenoxy) is 2. The van der Waals surface area contributed by atoms with Gasteiger partial charge in [-0.25, -0.2) is 4.99 Å². The Kier molecular flexibility index (Phi) is 6.88. The van der Waals surface area contributed by atoms with Crippen LogP contribution in [0.3, 0.4) is 0 Å². The van der Waals surface area contributed by atoms with Crippen molar-refractivity contribution in [3.05, 3.63) is 77.3 Å². The minimum absolute atomic E-state index is 0.691. The summed E-state index contributed by atoms with van der Waals surface area (Å²) in [6.07, 6.45) is 0.992. The van der Waals surface area contributed by atoms with Gasteiger partial charge in [-0.3, -0.25) is 4.90 Å². The van der Waals surface area contributed by atoms with Gasteiger partial charge >= 0.3 is 0 Å². The molecule has 0 bridgehead atoms. The molecule has 0 radical (unpaired) electrons. The van der Waals surface area contributed by atoms with E-state index in [1.54, 1.807) is 7.11 Å². The van der Waals surface area contributed by atoms with E-state index < -0.39 is 0 Å². The lowest BCUT2D eigenvalue weighted by atomic mass is 10.1. The summed E-state index contributed by atoms with van der Waals surface area (Å²) in [7, 11) is 1.67. The lowest BCUT2D eigenvalue weighted by Gasteiger charge is -2.36. The second-order valence-corrected chi connectivity index (χ2v) is 8.91. The molecule has 0 saturated carbocycles. The Balaban J connectivity index is 1.19. The largest absolute Gasteiger partial charge is 0.497 e. The molecule has 0 aliphatic carbocycles. The summed E-state index contributed by atoms with van der Waals surface area (Å²) in [5, 5.41) is 4.22. The number of methoxy groups -OCH3 is 1. The number of rotatable bonds is 6. The van der Waals surface area contributed by atoms with Crippen LogP contribution in [0.1, 0.15) is 12.0 Å². The maximum absolute atomic E-state index is 6.27. The second kappa shape index (κ2) is 10.4. The molecule has 1 fully saturated rings. The molecule has 2 heterocycles. The van der Waals surface area contributed by atoms with Gasteiger partial charge in [0.05, 0.1) is 25.1 Å². The molecule has 2 aliphatic rings. The Hall–Kier alpha value is -3.22. The molecule has 3 aromatic carbocycles. The van der Waals surface area contributed by atoms with Crippen LogP contribution in [0, 0.1) is 0 Å². The van der Waals surface area contributed by atoms with Crippen LogP contribution in [-0.2, 0) is 0 Å². The Labute approximate surface area is 205 Å². The Morgan fingerprint density at radius 1 is 0.912 bits per heavy atom. The summed E-state index contributed by atoms with van der Waals surface area (Å²) in [5.74, 6) is 2.73. The Morgan fingerprint density at radius 2 is 1.68 bits per heavy atom. The molecule has 0 aromatic heterocycles. The summed E-state index contributed by atoms with van der Waals surface area (Å²) >= 11 is 6.27. The van der Waals surface area contributed by atoms with Crippen molar-refractivity contribution in [2.75, 3.05) is 51.8 Å². The summed E-state index contributed by atoms with van der Waals surface area (Å²) in [5.41, 5.74) is 4.04. The first kappa shape index (κ1) is 22.6. The fourth-order valence-electron chi connectivity index (χ4n) is 4.38. The smallest absolute Gasteiger partial charge is 0.138 e. The highest BCUT2D eigenvalue weighted by Gasteiger charge is 2.24. The van der Waals surface area contributed by atoms with Gasteiger partial charge in [0.25, 0.3) is 0 Å². The van der Waals surface area contributed by atoms with Gasteiger partial charge in [0, 0.05) is 49.0 Å². The van der Waals surface area contributed by atoms with E-state index in [4.69, 9.17) is 26.1 Å². The van der Waals surface area contributed by atoms with Gasteiger partial charge in [0.1, 0.15) is 17.3 Å². The van der Waals surface area contributed by atoms with Crippen LogP contribution < -0.4 is 14.8 Å². The monoisotopic (exact) mass is 476 g/mol. The standard InChI is InChI=1S/C27H29ClN4O2/c1-33-21-8-10-22(11-9-21)34-18-4-13-31-14-16-32(17-15-31)27-23-5-2-3-6-24(23)29-25-12-7-20(28)19-26(25)30-27/h2-3,5-12,19,29H,4,13-18H2,1H3. The quantitative estimate of drug-likeness (QED) is 0.471. The van der Waals surface area contributed by atoms with E-state index in [0.717, 1.165) is 79.1 Å². The number of aliphatic imine (C=N–C) groups is 1. The van der Waals surface area contributed by atoms with Crippen molar-refractivity contribution in [1.29, 1.82) is 0 Å². The van der Waals surface area contributed by atoms with E-state index >= 15 is 0 Å². The third kappa shape index (κ3) is 5.13. The van der Waals surface area contributed by atoms with Gasteiger partial charge in [-0.05, 0) is 61.0 Å². The number of nitrogens with one attached hydrogen (secondary N) is 1. The molecule has 6 nitrogen and oxygen atoms in total. The zero-order valence-corrected chi connectivity index (χ0v) is 20.1. The molecule has 1 saturated heterocycles. The number of anilines is 2. The average molecular weight is 477 g/mol. The first-order valence-corrected chi connectivity index (χ1v) is 12.1. The Bertz CT molecular complexity index is 1160. The van der Waals surface area contributed by atoms with Crippen LogP contribution in [0.15, 0.2) is 71.7 Å². The number of para-hydroxylation sites is 1. The van der Waals surface area contributed by atoms with Crippen LogP contribution in [-0.4, -0.2) is 62.1 Å². The minimum Gasteiger partial charge on any atom is -0.497 e. The van der Waals surface area contributed by atoms with Crippen molar-refractivity contribution in [2.24, 2.45) is 4.99 Å². The lowest BCUT2D eigenvalue weighted by molar-refractivity contribution is 0.169. The number of amidine groups is 1. The van der Waals surface area contributed by atoms with Crippen LogP contribution in [0.5, 0.6) is 11.5 Å². The number of halogens is 1. The molecule has 0 atom stereocenters. The van der Waals surface area contributed by atoms with Gasteiger partial charge < -0.3 is 19.7 Å². The van der Waals surface area contributed by atoms with Crippen molar-refractivity contribution >= 4 is 34.5 Å². The third-order valence-corrected chi connectivity index (χ3v) is 6.48. The topological polar surface area (TPSA) is 49.3 Å². The van der Waals surface area contributed by atoms with E-state index in [2.05, 4.69) is 39.4 Å².